The molecule has 0 aliphatic carbocycles. The van der Waals surface area contributed by atoms with Crippen LogP contribution >= 0.6 is 0 Å². The van der Waals surface area contributed by atoms with Crippen molar-refractivity contribution in [2.45, 2.75) is 18.9 Å². The molecule has 0 amide bonds. The number of rotatable bonds is 9. The molecule has 32 heavy (non-hydrogen) atoms. The minimum Gasteiger partial charge on any atom is -0.493 e. The summed E-state index contributed by atoms with van der Waals surface area (Å²) < 4.78 is 22.3. The molecule has 0 aliphatic heterocycles. The lowest BCUT2D eigenvalue weighted by Crippen LogP contribution is -2.43. The van der Waals surface area contributed by atoms with Crippen LogP contribution in [0.3, 0.4) is 0 Å². The second-order valence-electron chi connectivity index (χ2n) is 7.47. The number of benzene rings is 2. The maximum absolute atomic E-state index is 9.51. The molecule has 168 valence electrons. The fourth-order valence-corrected chi connectivity index (χ4v) is 3.23. The maximum atomic E-state index is 9.51. The molecular weight excluding hydrogens is 414 g/mol. The van der Waals surface area contributed by atoms with Crippen LogP contribution in [0.2, 0.25) is 0 Å². The van der Waals surface area contributed by atoms with Crippen molar-refractivity contribution >= 4 is 11.0 Å². The van der Waals surface area contributed by atoms with Crippen LogP contribution in [0.1, 0.15) is 19.1 Å². The van der Waals surface area contributed by atoms with Gasteiger partial charge in [-0.3, -0.25) is 0 Å². The van der Waals surface area contributed by atoms with Crippen LogP contribution in [0.15, 0.2) is 51.4 Å². The lowest BCUT2D eigenvalue weighted by Gasteiger charge is -2.21. The van der Waals surface area contributed by atoms with E-state index < -0.39 is 18.8 Å². The van der Waals surface area contributed by atoms with Gasteiger partial charge < -0.3 is 34.4 Å². The first-order valence-electron chi connectivity index (χ1n) is 10.2. The molecule has 2 aromatic heterocycles. The highest BCUT2D eigenvalue weighted by atomic mass is 16.5. The fourth-order valence-electron chi connectivity index (χ4n) is 3.23. The molecule has 0 radical (unpaired) electrons. The molecule has 0 spiro atoms. The van der Waals surface area contributed by atoms with Crippen molar-refractivity contribution in [1.29, 1.82) is 0 Å². The molecule has 0 saturated carbocycles. The molecule has 0 unspecified atom stereocenters. The zero-order valence-corrected chi connectivity index (χ0v) is 17.9. The third-order valence-corrected chi connectivity index (χ3v) is 5.13. The highest BCUT2D eigenvalue weighted by Crippen LogP contribution is 2.34. The van der Waals surface area contributed by atoms with Crippen molar-refractivity contribution in [3.63, 3.8) is 0 Å². The third kappa shape index (κ3) is 4.05. The number of nitrogens with two attached hydrogens (primary N) is 1. The summed E-state index contributed by atoms with van der Waals surface area (Å²) in [5, 5.41) is 23.9. The normalized spacial score (nSPS) is 11.8. The van der Waals surface area contributed by atoms with Crippen LogP contribution < -0.4 is 15.2 Å². The summed E-state index contributed by atoms with van der Waals surface area (Å²) >= 11 is 0. The van der Waals surface area contributed by atoms with Crippen molar-refractivity contribution in [3.05, 3.63) is 48.2 Å². The highest BCUT2D eigenvalue weighted by molar-refractivity contribution is 5.83. The zero-order chi connectivity index (χ0) is 22.7. The first-order valence-corrected chi connectivity index (χ1v) is 10.2. The van der Waals surface area contributed by atoms with Crippen molar-refractivity contribution < 1.29 is 28.6 Å². The van der Waals surface area contributed by atoms with Crippen molar-refractivity contribution in [3.8, 4) is 34.3 Å². The first kappa shape index (κ1) is 21.8. The van der Waals surface area contributed by atoms with E-state index in [4.69, 9.17) is 24.1 Å². The Kier molecular flexibility index (Phi) is 6.13. The highest BCUT2D eigenvalue weighted by Gasteiger charge is 2.30. The Bertz CT molecular complexity index is 1210. The SMILES string of the molecule is CCCOc1cc(-c2nc(-c3ccc4oc(C(N)(CO)CO)cc4c3)no2)ccc1OC. The third-order valence-electron chi connectivity index (χ3n) is 5.13. The molecule has 0 bridgehead atoms. The van der Waals surface area contributed by atoms with Crippen LogP contribution in [0.4, 0.5) is 0 Å². The summed E-state index contributed by atoms with van der Waals surface area (Å²) in [5.74, 6) is 2.28. The van der Waals surface area contributed by atoms with Crippen LogP contribution in [0, 0.1) is 0 Å². The van der Waals surface area contributed by atoms with Gasteiger partial charge in [0, 0.05) is 16.5 Å². The number of methoxy groups -OCH3 is 1. The number of nitrogens with zero attached hydrogens (tertiary/aromatic N) is 2. The number of furan rings is 1. The Morgan fingerprint density at radius 2 is 1.81 bits per heavy atom. The van der Waals surface area contributed by atoms with E-state index in [1.807, 2.05) is 25.1 Å². The van der Waals surface area contributed by atoms with E-state index in [2.05, 4.69) is 10.1 Å². The molecule has 2 heterocycles. The Morgan fingerprint density at radius 3 is 2.53 bits per heavy atom. The predicted molar refractivity (Wildman–Crippen MR) is 117 cm³/mol. The molecule has 0 saturated heterocycles. The van der Waals surface area contributed by atoms with Crippen molar-refractivity contribution in [2.24, 2.45) is 5.73 Å². The molecule has 0 aliphatic rings. The van der Waals surface area contributed by atoms with Gasteiger partial charge in [-0.15, -0.1) is 0 Å². The number of fused-ring (bicyclic) bond motifs is 1. The number of aliphatic hydroxyl groups excluding tert-OH is 2. The van der Waals surface area contributed by atoms with E-state index in [-0.39, 0.29) is 0 Å². The van der Waals surface area contributed by atoms with Crippen LogP contribution in [0.5, 0.6) is 11.5 Å². The molecule has 4 aromatic rings. The summed E-state index contributed by atoms with van der Waals surface area (Å²) in [6, 6.07) is 12.5. The maximum Gasteiger partial charge on any atom is 0.258 e. The summed E-state index contributed by atoms with van der Waals surface area (Å²) in [6.45, 7) is 1.70. The molecule has 0 atom stereocenters. The lowest BCUT2D eigenvalue weighted by atomic mass is 10.00. The molecular formula is C23H25N3O6. The summed E-state index contributed by atoms with van der Waals surface area (Å²) in [5.41, 5.74) is 6.64. The summed E-state index contributed by atoms with van der Waals surface area (Å²) in [7, 11) is 1.59. The molecule has 0 fully saturated rings. The predicted octanol–water partition coefficient (Wildman–Crippen LogP) is 3.09. The van der Waals surface area contributed by atoms with E-state index >= 15 is 0 Å². The Hall–Kier alpha value is -3.40. The van der Waals surface area contributed by atoms with Gasteiger partial charge >= 0.3 is 0 Å². The standard InChI is InChI=1S/C23H25N3O6/c1-3-8-30-19-10-15(5-7-18(19)29-2)22-25-21(26-32-22)14-4-6-17-16(9-14)11-20(31-17)23(24,12-27)13-28/h4-7,9-11,27-28H,3,8,12-13,24H2,1-2H3. The van der Waals surface area contributed by atoms with E-state index in [0.717, 1.165) is 11.8 Å². The van der Waals surface area contributed by atoms with Gasteiger partial charge in [0.1, 0.15) is 16.9 Å². The van der Waals surface area contributed by atoms with Gasteiger partial charge in [0.2, 0.25) is 5.82 Å². The second kappa shape index (κ2) is 8.99. The fraction of sp³-hybridized carbons (Fsp3) is 0.304. The Balaban J connectivity index is 1.65. The van der Waals surface area contributed by atoms with Gasteiger partial charge in [0.05, 0.1) is 26.9 Å². The van der Waals surface area contributed by atoms with Gasteiger partial charge in [0.15, 0.2) is 11.5 Å². The van der Waals surface area contributed by atoms with Crippen molar-refractivity contribution in [1.82, 2.24) is 10.1 Å². The van der Waals surface area contributed by atoms with E-state index in [1.54, 1.807) is 31.4 Å². The summed E-state index contributed by atoms with van der Waals surface area (Å²) in [4.78, 5) is 4.51. The number of hydrogen-bond acceptors (Lipinski definition) is 9. The van der Waals surface area contributed by atoms with Gasteiger partial charge in [-0.2, -0.15) is 4.98 Å². The van der Waals surface area contributed by atoms with Gasteiger partial charge in [0.25, 0.3) is 5.89 Å². The Morgan fingerprint density at radius 1 is 1.03 bits per heavy atom. The number of aromatic nitrogens is 2. The van der Waals surface area contributed by atoms with Crippen LogP contribution in [-0.4, -0.2) is 47.3 Å². The first-order chi connectivity index (χ1) is 15.5. The van der Waals surface area contributed by atoms with E-state index in [0.29, 0.717) is 52.3 Å². The molecule has 9 nitrogen and oxygen atoms in total. The van der Waals surface area contributed by atoms with Crippen LogP contribution in [-0.2, 0) is 5.54 Å². The van der Waals surface area contributed by atoms with Crippen molar-refractivity contribution in [2.75, 3.05) is 26.9 Å². The van der Waals surface area contributed by atoms with E-state index in [9.17, 15) is 10.2 Å². The van der Waals surface area contributed by atoms with Gasteiger partial charge in [-0.25, -0.2) is 0 Å². The summed E-state index contributed by atoms with van der Waals surface area (Å²) in [6.07, 6.45) is 0.873. The van der Waals surface area contributed by atoms with Gasteiger partial charge in [-0.05, 0) is 48.9 Å². The monoisotopic (exact) mass is 439 g/mol. The zero-order valence-electron chi connectivity index (χ0n) is 17.9. The lowest BCUT2D eigenvalue weighted by molar-refractivity contribution is 0.105. The minimum atomic E-state index is -1.36. The Labute approximate surface area is 184 Å². The molecule has 2 aromatic carbocycles. The largest absolute Gasteiger partial charge is 0.493 e. The van der Waals surface area contributed by atoms with Crippen LogP contribution in [0.25, 0.3) is 33.8 Å². The molecule has 9 heteroatoms. The molecule has 4 N–H and O–H groups in total. The molecule has 4 rings (SSSR count). The number of aliphatic hydroxyl groups is 2. The smallest absolute Gasteiger partial charge is 0.258 e. The number of ether oxygens (including phenoxy) is 2. The topological polar surface area (TPSA) is 137 Å². The number of hydrogen-bond donors (Lipinski definition) is 3. The quantitative estimate of drug-likeness (QED) is 0.359. The minimum absolute atomic E-state index is 0.293. The average Bonchev–Trinajstić information content (AvgIpc) is 3.49. The van der Waals surface area contributed by atoms with E-state index in [1.165, 1.54) is 0 Å². The second-order valence-corrected chi connectivity index (χ2v) is 7.47. The average molecular weight is 439 g/mol. The van der Waals surface area contributed by atoms with Gasteiger partial charge in [-0.1, -0.05) is 12.1 Å².